The van der Waals surface area contributed by atoms with Gasteiger partial charge >= 0.3 is 59.1 Å². The summed E-state index contributed by atoms with van der Waals surface area (Å²) in [6.45, 7) is 5.33. The van der Waals surface area contributed by atoms with Crippen LogP contribution in [0.4, 0.5) is 45.5 Å². The maximum atomic E-state index is 13.6. The van der Waals surface area contributed by atoms with Gasteiger partial charge in [0.1, 0.15) is 16.3 Å². The van der Waals surface area contributed by atoms with Crippen molar-refractivity contribution in [3.05, 3.63) is 119 Å². The fourth-order valence-corrected chi connectivity index (χ4v) is 6.65. The van der Waals surface area contributed by atoms with Crippen LogP contribution in [0.15, 0.2) is 143 Å². The monoisotopic (exact) mass is 866 g/mol. The molecule has 0 radical (unpaired) electrons. The summed E-state index contributed by atoms with van der Waals surface area (Å²) in [6, 6.07) is 23.1. The number of methoxy groups -OCH3 is 1. The number of nitrogens with two attached hydrogens (primary N) is 1. The summed E-state index contributed by atoms with van der Waals surface area (Å²) in [5.41, 5.74) is 9.86. The molecule has 296 valence electrons. The molecule has 17 nitrogen and oxygen atoms in total. The smallest absolute Gasteiger partial charge is 0.871 e. The van der Waals surface area contributed by atoms with Gasteiger partial charge in [-0.2, -0.15) is 37.3 Å². The van der Waals surface area contributed by atoms with E-state index < -0.39 is 42.5 Å². The summed E-state index contributed by atoms with van der Waals surface area (Å²) in [4.78, 5) is 2.98. The Kier molecular flexibility index (Phi) is 15.6. The Labute approximate surface area is 389 Å². The molecule has 4 N–H and O–H groups in total. The van der Waals surface area contributed by atoms with Crippen LogP contribution in [0, 0.1) is 20.8 Å². The summed E-state index contributed by atoms with van der Waals surface area (Å²) >= 11 is 0. The van der Waals surface area contributed by atoms with Crippen molar-refractivity contribution in [2.24, 2.45) is 35.7 Å². The number of azo groups is 3. The zero-order chi connectivity index (χ0) is 41.9. The van der Waals surface area contributed by atoms with Gasteiger partial charge in [0.05, 0.1) is 46.1 Å². The van der Waals surface area contributed by atoms with Crippen LogP contribution in [0.3, 0.4) is 0 Å². The van der Waals surface area contributed by atoms with E-state index in [2.05, 4.69) is 35.7 Å². The Bertz CT molecular complexity index is 2950. The Balaban J connectivity index is 0.00000397. The van der Waals surface area contributed by atoms with Crippen molar-refractivity contribution < 1.29 is 100 Å². The molecule has 0 spiro atoms. The van der Waals surface area contributed by atoms with Gasteiger partial charge in [-0.1, -0.05) is 23.9 Å². The predicted octanol–water partition coefficient (Wildman–Crippen LogP) is 2.62. The number of nitrogen functional groups attached to an aromatic ring is 1. The first kappa shape index (κ1) is 47.7. The molecule has 6 aromatic rings. The molecule has 0 bridgehead atoms. The van der Waals surface area contributed by atoms with Gasteiger partial charge in [0.15, 0.2) is 0 Å². The zero-order valence-corrected chi connectivity index (χ0v) is 38.6. The first-order chi connectivity index (χ1) is 27.4. The standard InChI is InChI=1S/C39H34N8O9S2.2Na/c1-21-16-32(22(2)15-31(21)43-42-27-9-12-29(13-10-27)57(50,51)52)44-45-33-20-35(56-4)34(17-23(33)3)46-47-37-36(58(53,54)55)19-25-18-28(11-14-30(25)38(37)48)41-39(49)24-5-7-26(40)8-6-24;;/h5-20,48H,40H2,1-4H3,(H,41,49)(H,50,51,52)(H,53,54,55);;/q;2*+1/p-2. The first-order valence-corrected chi connectivity index (χ1v) is 19.8. The molecule has 0 fully saturated rings. The summed E-state index contributed by atoms with van der Waals surface area (Å²) in [7, 11) is -7.95. The van der Waals surface area contributed by atoms with Gasteiger partial charge < -0.3 is 20.7 Å². The van der Waals surface area contributed by atoms with Crippen molar-refractivity contribution in [3.63, 3.8) is 0 Å². The van der Waals surface area contributed by atoms with E-state index in [0.717, 1.165) is 17.2 Å². The minimum absolute atomic E-state index is 0. The molecule has 0 amide bonds. The topological polar surface area (TPSA) is 277 Å². The molecule has 0 unspecified atom stereocenters. The van der Waals surface area contributed by atoms with Gasteiger partial charge in [-0.3, -0.25) is 14.1 Å². The second-order valence-corrected chi connectivity index (χ2v) is 15.6. The van der Waals surface area contributed by atoms with Gasteiger partial charge in [-0.15, -0.1) is 10.2 Å². The van der Waals surface area contributed by atoms with E-state index in [0.29, 0.717) is 34.0 Å². The number of hydrogen-bond acceptors (Lipinski definition) is 15. The molecule has 0 aliphatic carbocycles. The number of anilines is 1. The van der Waals surface area contributed by atoms with Crippen LogP contribution < -0.4 is 79.8 Å². The second kappa shape index (κ2) is 19.6. The number of benzene rings is 6. The number of hydrogen-bond donors (Lipinski definition) is 3. The minimum Gasteiger partial charge on any atom is -0.871 e. The number of aliphatic imine (C=N–C) groups is 1. The van der Waals surface area contributed by atoms with Crippen LogP contribution in [0.5, 0.6) is 11.5 Å². The van der Waals surface area contributed by atoms with Crippen LogP contribution in [0.2, 0.25) is 0 Å². The van der Waals surface area contributed by atoms with E-state index in [4.69, 9.17) is 15.0 Å². The third-order valence-electron chi connectivity index (χ3n) is 8.62. The van der Waals surface area contributed by atoms with E-state index in [-0.39, 0.29) is 97.5 Å². The molecule has 0 atom stereocenters. The molecule has 0 aliphatic rings. The van der Waals surface area contributed by atoms with Crippen LogP contribution in [0.25, 0.3) is 10.8 Å². The minimum atomic E-state index is -4.99. The molecule has 60 heavy (non-hydrogen) atoms. The van der Waals surface area contributed by atoms with E-state index in [1.807, 2.05) is 0 Å². The van der Waals surface area contributed by atoms with Crippen molar-refractivity contribution >= 4 is 82.4 Å². The van der Waals surface area contributed by atoms with Crippen LogP contribution >= 0.6 is 0 Å². The van der Waals surface area contributed by atoms with Gasteiger partial charge in [0.2, 0.25) is 0 Å². The van der Waals surface area contributed by atoms with E-state index >= 15 is 0 Å². The van der Waals surface area contributed by atoms with Gasteiger partial charge in [0.25, 0.3) is 20.2 Å². The number of fused-ring (bicyclic) bond motifs is 1. The Morgan fingerprint density at radius 2 is 1.15 bits per heavy atom. The van der Waals surface area contributed by atoms with Crippen LogP contribution in [-0.2, 0) is 20.2 Å². The SMILES string of the molecule is COc1cc(N=Nc2cc(C)c(N=Nc3ccc(S(=O)(=O)O)cc3)cc2C)c(C)cc1N=Nc1c(S(=O)(=O)O)cc2cc(N=C([O-])c3ccc(N)cc3)ccc2c1[O-].[Na+].[Na+]. The van der Waals surface area contributed by atoms with Gasteiger partial charge in [-0.05, 0) is 132 Å². The molecule has 0 saturated carbocycles. The maximum Gasteiger partial charge on any atom is 1.00 e. The maximum absolute atomic E-state index is 13.6. The van der Waals surface area contributed by atoms with E-state index in [1.165, 1.54) is 67.8 Å². The van der Waals surface area contributed by atoms with Crippen molar-refractivity contribution in [1.82, 2.24) is 0 Å². The quantitative estimate of drug-likeness (QED) is 0.0428. The predicted molar refractivity (Wildman–Crippen MR) is 213 cm³/mol. The molecule has 0 heterocycles. The average Bonchev–Trinajstić information content (AvgIpc) is 3.17. The Morgan fingerprint density at radius 1 is 0.633 bits per heavy atom. The van der Waals surface area contributed by atoms with Crippen molar-refractivity contribution in [1.29, 1.82) is 0 Å². The van der Waals surface area contributed by atoms with Gasteiger partial charge in [0, 0.05) is 11.8 Å². The Hall–Kier alpha value is -4.93. The van der Waals surface area contributed by atoms with Crippen molar-refractivity contribution in [3.8, 4) is 11.5 Å². The summed E-state index contributed by atoms with van der Waals surface area (Å²) < 4.78 is 72.3. The normalized spacial score (nSPS) is 12.3. The Morgan fingerprint density at radius 3 is 1.70 bits per heavy atom. The average molecular weight is 867 g/mol. The molecule has 0 saturated heterocycles. The van der Waals surface area contributed by atoms with Crippen molar-refractivity contribution in [2.75, 3.05) is 12.8 Å². The summed E-state index contributed by atoms with van der Waals surface area (Å²) in [5, 5.41) is 51.6. The number of nitrogens with zero attached hydrogens (tertiary/aromatic N) is 7. The molecular weight excluding hydrogens is 835 g/mol. The third-order valence-corrected chi connectivity index (χ3v) is 10.4. The van der Waals surface area contributed by atoms with Crippen LogP contribution in [-0.4, -0.2) is 38.9 Å². The fourth-order valence-electron chi connectivity index (χ4n) is 5.51. The number of rotatable bonds is 11. The molecule has 0 aromatic heterocycles. The van der Waals surface area contributed by atoms with E-state index in [9.17, 15) is 31.6 Å². The van der Waals surface area contributed by atoms with Gasteiger partial charge in [-0.25, -0.2) is 0 Å². The second-order valence-electron chi connectivity index (χ2n) is 12.8. The molecule has 21 heteroatoms. The molecule has 6 aromatic carbocycles. The third kappa shape index (κ3) is 11.3. The van der Waals surface area contributed by atoms with E-state index in [1.54, 1.807) is 51.1 Å². The fraction of sp³-hybridized carbons (Fsp3) is 0.103. The van der Waals surface area contributed by atoms with Crippen LogP contribution in [0.1, 0.15) is 22.3 Å². The molecule has 6 rings (SSSR count). The largest absolute Gasteiger partial charge is 1.00 e. The summed E-state index contributed by atoms with van der Waals surface area (Å²) in [5.74, 6) is -1.28. The number of ether oxygens (including phenoxy) is 1. The van der Waals surface area contributed by atoms with Crippen molar-refractivity contribution in [2.45, 2.75) is 30.6 Å². The zero-order valence-electron chi connectivity index (χ0n) is 33.0. The molecule has 0 aliphatic heterocycles. The summed E-state index contributed by atoms with van der Waals surface area (Å²) in [6.07, 6.45) is 0. The molecular formula is C39H32N8Na2O9S2. The first-order valence-electron chi connectivity index (χ1n) is 16.9. The number of aryl methyl sites for hydroxylation is 3.